The van der Waals surface area contributed by atoms with Crippen molar-refractivity contribution in [3.05, 3.63) is 47.0 Å². The fourth-order valence-electron chi connectivity index (χ4n) is 1.15. The minimum Gasteiger partial charge on any atom is -0.294 e. The second-order valence-corrected chi connectivity index (χ2v) is 3.54. The second-order valence-electron chi connectivity index (χ2n) is 3.13. The van der Waals surface area contributed by atoms with Crippen LogP contribution >= 0.6 is 11.6 Å². The zero-order valence-electron chi connectivity index (χ0n) is 8.16. The van der Waals surface area contributed by atoms with Gasteiger partial charge in [0.05, 0.1) is 5.03 Å². The highest BCUT2D eigenvalue weighted by atomic mass is 35.5. The second kappa shape index (κ2) is 5.61. The maximum absolute atomic E-state index is 10.8. The number of halogens is 1. The van der Waals surface area contributed by atoms with Crippen molar-refractivity contribution in [3.8, 4) is 0 Å². The molecule has 0 N–H and O–H groups in total. The predicted octanol–water partition coefficient (Wildman–Crippen LogP) is 3.33. The van der Waals surface area contributed by atoms with Gasteiger partial charge in [-0.1, -0.05) is 48.0 Å². The van der Waals surface area contributed by atoms with Gasteiger partial charge in [0.1, 0.15) is 0 Å². The lowest BCUT2D eigenvalue weighted by atomic mass is 10.1. The van der Waals surface area contributed by atoms with E-state index in [4.69, 9.17) is 11.6 Å². The quantitative estimate of drug-likeness (QED) is 0.694. The van der Waals surface area contributed by atoms with E-state index in [0.717, 1.165) is 12.8 Å². The number of carbonyl (C=O) groups is 1. The molecule has 0 atom stereocenters. The Morgan fingerprint density at radius 2 is 2.00 bits per heavy atom. The number of aryl methyl sites for hydroxylation is 1. The molecule has 0 aromatic heterocycles. The SMILES string of the molecule is CC(=O)/C(Cl)=C/CCc1ccccc1. The highest BCUT2D eigenvalue weighted by molar-refractivity contribution is 6.42. The van der Waals surface area contributed by atoms with Crippen LogP contribution in [0.15, 0.2) is 41.4 Å². The van der Waals surface area contributed by atoms with Crippen molar-refractivity contribution in [2.75, 3.05) is 0 Å². The van der Waals surface area contributed by atoms with Gasteiger partial charge in [-0.15, -0.1) is 0 Å². The molecule has 74 valence electrons. The molecule has 0 heterocycles. The first-order valence-corrected chi connectivity index (χ1v) is 4.98. The van der Waals surface area contributed by atoms with Gasteiger partial charge in [0.15, 0.2) is 5.78 Å². The third-order valence-electron chi connectivity index (χ3n) is 1.94. The van der Waals surface area contributed by atoms with Crippen molar-refractivity contribution in [3.63, 3.8) is 0 Å². The number of allylic oxidation sites excluding steroid dienone is 2. The molecule has 0 bridgehead atoms. The minimum atomic E-state index is -0.0697. The van der Waals surface area contributed by atoms with Gasteiger partial charge < -0.3 is 0 Å². The smallest absolute Gasteiger partial charge is 0.170 e. The van der Waals surface area contributed by atoms with Gasteiger partial charge in [0.2, 0.25) is 0 Å². The molecule has 1 aromatic rings. The Morgan fingerprint density at radius 1 is 1.36 bits per heavy atom. The van der Waals surface area contributed by atoms with Gasteiger partial charge in [-0.2, -0.15) is 0 Å². The van der Waals surface area contributed by atoms with E-state index >= 15 is 0 Å². The summed E-state index contributed by atoms with van der Waals surface area (Å²) in [7, 11) is 0. The van der Waals surface area contributed by atoms with Crippen LogP contribution in [-0.4, -0.2) is 5.78 Å². The van der Waals surface area contributed by atoms with Crippen molar-refractivity contribution in [2.24, 2.45) is 0 Å². The largest absolute Gasteiger partial charge is 0.294 e. The molecule has 0 aliphatic carbocycles. The van der Waals surface area contributed by atoms with Crippen molar-refractivity contribution < 1.29 is 4.79 Å². The van der Waals surface area contributed by atoms with Crippen molar-refractivity contribution in [2.45, 2.75) is 19.8 Å². The van der Waals surface area contributed by atoms with Gasteiger partial charge in [-0.05, 0) is 18.4 Å². The Morgan fingerprint density at radius 3 is 2.57 bits per heavy atom. The molecule has 0 radical (unpaired) electrons. The molecule has 0 amide bonds. The van der Waals surface area contributed by atoms with E-state index in [9.17, 15) is 4.79 Å². The number of hydrogen-bond donors (Lipinski definition) is 0. The first-order chi connectivity index (χ1) is 6.70. The van der Waals surface area contributed by atoms with Crippen LogP contribution in [0.25, 0.3) is 0 Å². The molecule has 0 saturated carbocycles. The molecule has 1 rings (SSSR count). The Balaban J connectivity index is 2.43. The third kappa shape index (κ3) is 3.75. The van der Waals surface area contributed by atoms with Crippen LogP contribution in [0, 0.1) is 0 Å². The van der Waals surface area contributed by atoms with Gasteiger partial charge in [0.25, 0.3) is 0 Å². The van der Waals surface area contributed by atoms with Crippen molar-refractivity contribution in [1.29, 1.82) is 0 Å². The molecule has 1 aromatic carbocycles. The number of benzene rings is 1. The summed E-state index contributed by atoms with van der Waals surface area (Å²) in [6.45, 7) is 1.47. The minimum absolute atomic E-state index is 0.0697. The average molecular weight is 209 g/mol. The number of hydrogen-bond acceptors (Lipinski definition) is 1. The normalized spacial score (nSPS) is 11.4. The number of rotatable bonds is 4. The summed E-state index contributed by atoms with van der Waals surface area (Å²) in [6, 6.07) is 10.1. The van der Waals surface area contributed by atoms with E-state index in [1.54, 1.807) is 6.08 Å². The summed E-state index contributed by atoms with van der Waals surface area (Å²) in [4.78, 5) is 10.8. The van der Waals surface area contributed by atoms with Crippen LogP contribution in [-0.2, 0) is 11.2 Å². The first kappa shape index (κ1) is 11.0. The Kier molecular flexibility index (Phi) is 4.41. The summed E-state index contributed by atoms with van der Waals surface area (Å²) in [6.07, 6.45) is 3.50. The van der Waals surface area contributed by atoms with Crippen molar-refractivity contribution >= 4 is 17.4 Å². The molecular formula is C12H13ClO. The summed E-state index contributed by atoms with van der Waals surface area (Å²) in [5, 5.41) is 0.334. The number of ketones is 1. The molecule has 0 unspecified atom stereocenters. The molecule has 0 fully saturated rings. The standard InChI is InChI=1S/C12H13ClO/c1-10(14)12(13)9-5-8-11-6-3-2-4-7-11/h2-4,6-7,9H,5,8H2,1H3/b12-9-. The van der Waals surface area contributed by atoms with Gasteiger partial charge >= 0.3 is 0 Å². The van der Waals surface area contributed by atoms with E-state index in [-0.39, 0.29) is 5.78 Å². The van der Waals surface area contributed by atoms with Crippen LogP contribution in [0.4, 0.5) is 0 Å². The number of Topliss-reactive ketones (excluding diaryl/α,β-unsaturated/α-hetero) is 1. The lowest BCUT2D eigenvalue weighted by Gasteiger charge is -1.97. The Bertz CT molecular complexity index is 327. The average Bonchev–Trinajstić information content (AvgIpc) is 2.19. The monoisotopic (exact) mass is 208 g/mol. The molecule has 0 spiro atoms. The molecular weight excluding hydrogens is 196 g/mol. The molecule has 1 nitrogen and oxygen atoms in total. The fourth-order valence-corrected chi connectivity index (χ4v) is 1.26. The number of carbonyl (C=O) groups excluding carboxylic acids is 1. The maximum Gasteiger partial charge on any atom is 0.170 e. The van der Waals surface area contributed by atoms with E-state index in [2.05, 4.69) is 12.1 Å². The highest BCUT2D eigenvalue weighted by Crippen LogP contribution is 2.08. The summed E-state index contributed by atoms with van der Waals surface area (Å²) in [5.41, 5.74) is 1.26. The van der Waals surface area contributed by atoms with E-state index < -0.39 is 0 Å². The highest BCUT2D eigenvalue weighted by Gasteiger charge is 1.97. The van der Waals surface area contributed by atoms with Crippen molar-refractivity contribution in [1.82, 2.24) is 0 Å². The Labute approximate surface area is 89.4 Å². The van der Waals surface area contributed by atoms with Crippen LogP contribution < -0.4 is 0 Å². The zero-order valence-corrected chi connectivity index (χ0v) is 8.92. The summed E-state index contributed by atoms with van der Waals surface area (Å²) < 4.78 is 0. The topological polar surface area (TPSA) is 17.1 Å². The van der Waals surface area contributed by atoms with E-state index in [1.807, 2.05) is 18.2 Å². The van der Waals surface area contributed by atoms with Gasteiger partial charge in [-0.3, -0.25) is 4.79 Å². The van der Waals surface area contributed by atoms with Crippen LogP contribution in [0.5, 0.6) is 0 Å². The van der Waals surface area contributed by atoms with Gasteiger partial charge in [-0.25, -0.2) is 0 Å². The molecule has 0 saturated heterocycles. The lowest BCUT2D eigenvalue weighted by Crippen LogP contribution is -1.89. The zero-order chi connectivity index (χ0) is 10.4. The fraction of sp³-hybridized carbons (Fsp3) is 0.250. The molecule has 0 aliphatic rings. The summed E-state index contributed by atoms with van der Waals surface area (Å²) in [5.74, 6) is -0.0697. The first-order valence-electron chi connectivity index (χ1n) is 4.60. The van der Waals surface area contributed by atoms with Crippen LogP contribution in [0.3, 0.4) is 0 Å². The molecule has 14 heavy (non-hydrogen) atoms. The molecule has 0 aliphatic heterocycles. The van der Waals surface area contributed by atoms with Gasteiger partial charge in [0, 0.05) is 6.92 Å². The van der Waals surface area contributed by atoms with E-state index in [0.29, 0.717) is 5.03 Å². The molecule has 2 heteroatoms. The Hall–Kier alpha value is -1.08. The third-order valence-corrected chi connectivity index (χ3v) is 2.36. The maximum atomic E-state index is 10.8. The van der Waals surface area contributed by atoms with Crippen LogP contribution in [0.1, 0.15) is 18.9 Å². The van der Waals surface area contributed by atoms with Crippen LogP contribution in [0.2, 0.25) is 0 Å². The predicted molar refractivity (Wildman–Crippen MR) is 59.4 cm³/mol. The van der Waals surface area contributed by atoms with E-state index in [1.165, 1.54) is 12.5 Å². The summed E-state index contributed by atoms with van der Waals surface area (Å²) >= 11 is 5.69. The lowest BCUT2D eigenvalue weighted by molar-refractivity contribution is -0.113.